The average Bonchev–Trinajstić information content (AvgIpc) is 3.26. The van der Waals surface area contributed by atoms with Gasteiger partial charge in [0.05, 0.1) is 18.9 Å². The maximum atomic E-state index is 12.6. The molecule has 2 saturated heterocycles. The van der Waals surface area contributed by atoms with E-state index in [0.717, 1.165) is 63.1 Å². The number of urea groups is 1. The molecule has 148 valence electrons. The first kappa shape index (κ1) is 18.5. The number of hydrogen-bond acceptors (Lipinski definition) is 6. The Balaban J connectivity index is 1.28. The lowest BCUT2D eigenvalue weighted by molar-refractivity contribution is -0.125. The molecule has 4 rings (SSSR count). The van der Waals surface area contributed by atoms with E-state index in [4.69, 9.17) is 9.72 Å². The van der Waals surface area contributed by atoms with E-state index in [9.17, 15) is 9.59 Å². The number of morpholine rings is 1. The highest BCUT2D eigenvalue weighted by molar-refractivity contribution is 7.15. The summed E-state index contributed by atoms with van der Waals surface area (Å²) in [5.74, 6) is 0.0654. The Hall–Kier alpha value is -1.87. The van der Waals surface area contributed by atoms with Crippen molar-refractivity contribution >= 4 is 28.4 Å². The van der Waals surface area contributed by atoms with Crippen molar-refractivity contribution < 1.29 is 14.3 Å². The number of hydrogen-bond donors (Lipinski definition) is 1. The van der Waals surface area contributed by atoms with Gasteiger partial charge in [-0.15, -0.1) is 11.3 Å². The first-order valence-electron chi connectivity index (χ1n) is 9.71. The summed E-state index contributed by atoms with van der Waals surface area (Å²) in [7, 11) is 1.81. The molecule has 0 aromatic carbocycles. The largest absolute Gasteiger partial charge is 0.378 e. The first-order chi connectivity index (χ1) is 13.1. The lowest BCUT2D eigenvalue weighted by Gasteiger charge is -2.26. The lowest BCUT2D eigenvalue weighted by Crippen LogP contribution is -2.40. The Morgan fingerprint density at radius 3 is 2.85 bits per heavy atom. The molecule has 1 atom stereocenters. The van der Waals surface area contributed by atoms with Crippen molar-refractivity contribution in [1.29, 1.82) is 0 Å². The Morgan fingerprint density at radius 2 is 2.11 bits per heavy atom. The van der Waals surface area contributed by atoms with Crippen LogP contribution >= 0.6 is 11.3 Å². The second kappa shape index (κ2) is 8.02. The molecule has 1 aromatic rings. The van der Waals surface area contributed by atoms with Gasteiger partial charge in [-0.25, -0.2) is 9.78 Å². The van der Waals surface area contributed by atoms with E-state index in [1.165, 1.54) is 4.88 Å². The number of aryl methyl sites for hydroxylation is 1. The molecule has 9 heteroatoms. The van der Waals surface area contributed by atoms with Gasteiger partial charge in [-0.3, -0.25) is 4.79 Å². The molecule has 0 spiro atoms. The third-order valence-electron chi connectivity index (χ3n) is 5.56. The fourth-order valence-corrected chi connectivity index (χ4v) is 5.00. The Morgan fingerprint density at radius 1 is 1.30 bits per heavy atom. The summed E-state index contributed by atoms with van der Waals surface area (Å²) in [5.41, 5.74) is 1.09. The summed E-state index contributed by atoms with van der Waals surface area (Å²) in [4.78, 5) is 36.4. The van der Waals surface area contributed by atoms with Crippen molar-refractivity contribution in [3.05, 3.63) is 10.6 Å². The molecule has 3 amide bonds. The highest BCUT2D eigenvalue weighted by Gasteiger charge is 2.29. The van der Waals surface area contributed by atoms with E-state index >= 15 is 0 Å². The third kappa shape index (κ3) is 4.03. The maximum Gasteiger partial charge on any atom is 0.319 e. The fraction of sp³-hybridized carbons (Fsp3) is 0.722. The van der Waals surface area contributed by atoms with Crippen LogP contribution in [0.1, 0.15) is 17.0 Å². The van der Waals surface area contributed by atoms with E-state index in [2.05, 4.69) is 10.2 Å². The molecule has 2 aliphatic heterocycles. The highest BCUT2D eigenvalue weighted by Crippen LogP contribution is 2.34. The number of anilines is 1. The minimum absolute atomic E-state index is 0.0194. The van der Waals surface area contributed by atoms with Crippen molar-refractivity contribution in [3.63, 3.8) is 0 Å². The molecule has 1 unspecified atom stereocenters. The Bertz CT molecular complexity index is 703. The van der Waals surface area contributed by atoms with Gasteiger partial charge in [-0.1, -0.05) is 0 Å². The summed E-state index contributed by atoms with van der Waals surface area (Å²) < 4.78 is 5.41. The number of aromatic nitrogens is 1. The van der Waals surface area contributed by atoms with Crippen LogP contribution < -0.4 is 10.2 Å². The molecule has 2 fully saturated rings. The van der Waals surface area contributed by atoms with E-state index in [0.29, 0.717) is 19.5 Å². The number of fused-ring (bicyclic) bond motifs is 1. The average molecular weight is 394 g/mol. The fourth-order valence-electron chi connectivity index (χ4n) is 3.85. The normalized spacial score (nSPS) is 22.9. The van der Waals surface area contributed by atoms with Crippen LogP contribution in [0.25, 0.3) is 0 Å². The number of carbonyl (C=O) groups excluding carboxylic acids is 2. The van der Waals surface area contributed by atoms with Crippen LogP contribution in [0.2, 0.25) is 0 Å². The van der Waals surface area contributed by atoms with Crippen LogP contribution in [-0.2, 0) is 22.4 Å². The summed E-state index contributed by atoms with van der Waals surface area (Å²) in [5, 5.41) is 4.08. The molecule has 1 aromatic heterocycles. The quantitative estimate of drug-likeness (QED) is 0.791. The van der Waals surface area contributed by atoms with Crippen molar-refractivity contribution in [2.45, 2.75) is 19.3 Å². The van der Waals surface area contributed by atoms with E-state index in [1.54, 1.807) is 28.2 Å². The van der Waals surface area contributed by atoms with Gasteiger partial charge >= 0.3 is 6.03 Å². The van der Waals surface area contributed by atoms with Crippen LogP contribution in [0.15, 0.2) is 0 Å². The molecule has 1 N–H and O–H groups in total. The molecule has 27 heavy (non-hydrogen) atoms. The lowest BCUT2D eigenvalue weighted by atomic mass is 9.90. The second-order valence-electron chi connectivity index (χ2n) is 7.39. The Labute approximate surface area is 163 Å². The van der Waals surface area contributed by atoms with Crippen LogP contribution in [0.5, 0.6) is 0 Å². The number of rotatable bonds is 5. The van der Waals surface area contributed by atoms with E-state index < -0.39 is 0 Å². The van der Waals surface area contributed by atoms with Crippen LogP contribution in [0, 0.1) is 5.92 Å². The highest BCUT2D eigenvalue weighted by atomic mass is 32.1. The number of likely N-dealkylation sites (N-methyl/N-ethyl adjacent to an activating group) is 1. The minimum Gasteiger partial charge on any atom is -0.378 e. The SMILES string of the molecule is CN1CCN(CCNC(=O)C2CCc3sc(N4CCOCC4)nc3C2)C1=O. The number of thiazole rings is 1. The summed E-state index contributed by atoms with van der Waals surface area (Å²) >= 11 is 1.77. The molecule has 3 aliphatic rings. The first-order valence-corrected chi connectivity index (χ1v) is 10.5. The summed E-state index contributed by atoms with van der Waals surface area (Å²) in [6.07, 6.45) is 2.51. The number of carbonyl (C=O) groups is 2. The molecule has 8 nitrogen and oxygen atoms in total. The van der Waals surface area contributed by atoms with Crippen LogP contribution in [0.3, 0.4) is 0 Å². The molecule has 1 aliphatic carbocycles. The van der Waals surface area contributed by atoms with Gasteiger partial charge < -0.3 is 24.8 Å². The molecular weight excluding hydrogens is 366 g/mol. The zero-order valence-corrected chi connectivity index (χ0v) is 16.6. The summed E-state index contributed by atoms with van der Waals surface area (Å²) in [6, 6.07) is 0.0460. The van der Waals surface area contributed by atoms with Crippen molar-refractivity contribution in [2.75, 3.05) is 64.4 Å². The third-order valence-corrected chi connectivity index (χ3v) is 6.78. The number of nitrogens with one attached hydrogen (secondary N) is 1. The van der Waals surface area contributed by atoms with E-state index in [-0.39, 0.29) is 17.9 Å². The van der Waals surface area contributed by atoms with Gasteiger partial charge in [0.15, 0.2) is 5.13 Å². The van der Waals surface area contributed by atoms with Crippen molar-refractivity contribution in [3.8, 4) is 0 Å². The predicted octanol–water partition coefficient (Wildman–Crippen LogP) is 0.568. The zero-order chi connectivity index (χ0) is 18.8. The van der Waals surface area contributed by atoms with Gasteiger partial charge in [-0.05, 0) is 12.8 Å². The number of nitrogens with zero attached hydrogens (tertiary/aromatic N) is 4. The molecule has 3 heterocycles. The van der Waals surface area contributed by atoms with Gasteiger partial charge in [-0.2, -0.15) is 0 Å². The molecule has 0 radical (unpaired) electrons. The maximum absolute atomic E-state index is 12.6. The standard InChI is InChI=1S/C18H27N5O3S/c1-21-6-7-23(18(21)25)5-4-19-16(24)13-2-3-15-14(12-13)20-17(27-15)22-8-10-26-11-9-22/h13H,2-12H2,1H3,(H,19,24). The van der Waals surface area contributed by atoms with Crippen molar-refractivity contribution in [1.82, 2.24) is 20.1 Å². The van der Waals surface area contributed by atoms with Gasteiger partial charge in [0, 0.05) is 63.5 Å². The Kier molecular flexibility index (Phi) is 5.49. The molecule has 0 saturated carbocycles. The zero-order valence-electron chi connectivity index (χ0n) is 15.8. The van der Waals surface area contributed by atoms with E-state index in [1.807, 2.05) is 0 Å². The van der Waals surface area contributed by atoms with Gasteiger partial charge in [0.1, 0.15) is 0 Å². The topological polar surface area (TPSA) is 78.0 Å². The van der Waals surface area contributed by atoms with Gasteiger partial charge in [0.25, 0.3) is 0 Å². The summed E-state index contributed by atoms with van der Waals surface area (Å²) in [6.45, 7) is 5.87. The van der Waals surface area contributed by atoms with Crippen LogP contribution in [0.4, 0.5) is 9.93 Å². The predicted molar refractivity (Wildman–Crippen MR) is 103 cm³/mol. The smallest absolute Gasteiger partial charge is 0.319 e. The minimum atomic E-state index is -0.0194. The van der Waals surface area contributed by atoms with Gasteiger partial charge in [0.2, 0.25) is 5.91 Å². The molecular formula is C18H27N5O3S. The second-order valence-corrected chi connectivity index (χ2v) is 8.45. The molecule has 0 bridgehead atoms. The van der Waals surface area contributed by atoms with Crippen LogP contribution in [-0.4, -0.2) is 86.3 Å². The number of amides is 3. The van der Waals surface area contributed by atoms with Crippen molar-refractivity contribution in [2.24, 2.45) is 5.92 Å². The number of ether oxygens (including phenoxy) is 1. The monoisotopic (exact) mass is 393 g/mol.